The Kier molecular flexibility index (Phi) is 5.96. The number of carbonyl (C=O) groups is 3. The van der Waals surface area contributed by atoms with Gasteiger partial charge in [-0.1, -0.05) is 17.7 Å². The molecular formula is C22H12BrClN2O5S. The predicted molar refractivity (Wildman–Crippen MR) is 126 cm³/mol. The molecule has 1 aliphatic rings. The van der Waals surface area contributed by atoms with E-state index in [-0.39, 0.29) is 22.0 Å². The van der Waals surface area contributed by atoms with Crippen LogP contribution in [-0.4, -0.2) is 28.0 Å². The van der Waals surface area contributed by atoms with E-state index in [4.69, 9.17) is 33.3 Å². The summed E-state index contributed by atoms with van der Waals surface area (Å²) in [6.45, 7) is 0. The Balaban J connectivity index is 1.65. The van der Waals surface area contributed by atoms with Crippen molar-refractivity contribution in [3.05, 3.63) is 81.0 Å². The number of carboxylic acids is 1. The predicted octanol–water partition coefficient (Wildman–Crippen LogP) is 4.89. The molecule has 1 aliphatic heterocycles. The number of halogens is 2. The molecule has 0 spiro atoms. The van der Waals surface area contributed by atoms with Crippen molar-refractivity contribution in [1.82, 2.24) is 5.32 Å². The van der Waals surface area contributed by atoms with Crippen molar-refractivity contribution in [2.45, 2.75) is 0 Å². The summed E-state index contributed by atoms with van der Waals surface area (Å²) in [5.74, 6) is -1.63. The van der Waals surface area contributed by atoms with Crippen LogP contribution in [0.25, 0.3) is 17.4 Å². The Morgan fingerprint density at radius 3 is 2.50 bits per heavy atom. The summed E-state index contributed by atoms with van der Waals surface area (Å²) in [6.07, 6.45) is 1.32. The van der Waals surface area contributed by atoms with E-state index < -0.39 is 17.8 Å². The largest absolute Gasteiger partial charge is 0.478 e. The van der Waals surface area contributed by atoms with Gasteiger partial charge in [-0.05, 0) is 82.8 Å². The van der Waals surface area contributed by atoms with Gasteiger partial charge < -0.3 is 9.52 Å². The molecule has 32 heavy (non-hydrogen) atoms. The molecule has 2 amide bonds. The maximum Gasteiger partial charge on any atom is 0.335 e. The van der Waals surface area contributed by atoms with Crippen LogP contribution in [-0.2, 0) is 9.59 Å². The number of anilines is 1. The minimum absolute atomic E-state index is 0.0556. The monoisotopic (exact) mass is 530 g/mol. The van der Waals surface area contributed by atoms with E-state index in [0.717, 1.165) is 14.9 Å². The molecule has 0 bridgehead atoms. The maximum absolute atomic E-state index is 13.1. The third-order valence-corrected chi connectivity index (χ3v) is 6.11. The number of carboxylic acid groups (broad SMARTS) is 1. The molecule has 0 saturated carbocycles. The number of benzene rings is 2. The first-order valence-corrected chi connectivity index (χ1v) is 10.6. The molecule has 1 fully saturated rings. The van der Waals surface area contributed by atoms with E-state index in [0.29, 0.717) is 16.5 Å². The van der Waals surface area contributed by atoms with E-state index >= 15 is 0 Å². The summed E-state index contributed by atoms with van der Waals surface area (Å²) in [5.41, 5.74) is 0.917. The van der Waals surface area contributed by atoms with Gasteiger partial charge in [0.25, 0.3) is 11.8 Å². The molecule has 2 N–H and O–H groups in total. The lowest BCUT2D eigenvalue weighted by Gasteiger charge is -2.28. The molecule has 2 aromatic carbocycles. The average molecular weight is 532 g/mol. The second-order valence-corrected chi connectivity index (χ2v) is 8.29. The van der Waals surface area contributed by atoms with Crippen LogP contribution in [0.3, 0.4) is 0 Å². The Bertz CT molecular complexity index is 1320. The van der Waals surface area contributed by atoms with Crippen LogP contribution in [0.4, 0.5) is 5.69 Å². The van der Waals surface area contributed by atoms with Gasteiger partial charge in [-0.15, -0.1) is 0 Å². The maximum atomic E-state index is 13.1. The molecule has 3 aromatic rings. The summed E-state index contributed by atoms with van der Waals surface area (Å²) < 4.78 is 6.52. The lowest BCUT2D eigenvalue weighted by molar-refractivity contribution is -0.122. The molecule has 4 rings (SSSR count). The van der Waals surface area contributed by atoms with Crippen LogP contribution in [0.15, 0.2) is 69.1 Å². The molecule has 160 valence electrons. The number of hydrogen-bond acceptors (Lipinski definition) is 5. The van der Waals surface area contributed by atoms with Crippen molar-refractivity contribution in [2.24, 2.45) is 0 Å². The van der Waals surface area contributed by atoms with Gasteiger partial charge in [0.2, 0.25) is 0 Å². The van der Waals surface area contributed by atoms with Gasteiger partial charge in [-0.3, -0.25) is 19.8 Å². The van der Waals surface area contributed by atoms with Gasteiger partial charge in [0, 0.05) is 10.0 Å². The van der Waals surface area contributed by atoms with Gasteiger partial charge in [0.05, 0.1) is 16.3 Å². The molecule has 0 radical (unpaired) electrons. The van der Waals surface area contributed by atoms with Crippen LogP contribution in [0, 0.1) is 0 Å². The zero-order chi connectivity index (χ0) is 23.0. The fourth-order valence-electron chi connectivity index (χ4n) is 3.02. The third kappa shape index (κ3) is 4.22. The van der Waals surface area contributed by atoms with Crippen molar-refractivity contribution >= 4 is 74.4 Å². The zero-order valence-corrected chi connectivity index (χ0v) is 19.1. The molecule has 1 aromatic heterocycles. The average Bonchev–Trinajstić information content (AvgIpc) is 3.22. The molecule has 0 atom stereocenters. The SMILES string of the molecule is O=C1NC(=S)N(c2ccc(C(=O)O)cc2)C(=O)/C1=C/c1ccc(-c2ccc(Br)c(Cl)c2)o1. The fraction of sp³-hybridized carbons (Fsp3) is 0. The summed E-state index contributed by atoms with van der Waals surface area (Å²) in [7, 11) is 0. The first-order valence-electron chi connectivity index (χ1n) is 9.04. The summed E-state index contributed by atoms with van der Waals surface area (Å²) in [5, 5.41) is 11.9. The van der Waals surface area contributed by atoms with Gasteiger partial charge in [0.15, 0.2) is 5.11 Å². The van der Waals surface area contributed by atoms with Crippen LogP contribution < -0.4 is 10.2 Å². The Hall–Kier alpha value is -3.27. The second kappa shape index (κ2) is 8.70. The number of nitrogens with one attached hydrogen (secondary N) is 1. The minimum atomic E-state index is -1.10. The molecular weight excluding hydrogens is 520 g/mol. The van der Waals surface area contributed by atoms with Gasteiger partial charge in [-0.25, -0.2) is 4.79 Å². The molecule has 0 unspecified atom stereocenters. The highest BCUT2D eigenvalue weighted by Gasteiger charge is 2.34. The fourth-order valence-corrected chi connectivity index (χ4v) is 3.73. The standard InChI is InChI=1S/C22H12BrClN2O5S/c23-16-7-3-12(9-17(16)24)18-8-6-14(31-18)10-15-19(27)25-22(32)26(20(15)28)13-4-1-11(2-5-13)21(29)30/h1-10H,(H,29,30)(H,25,27,32)/b15-10+. The molecule has 1 saturated heterocycles. The van der Waals surface area contributed by atoms with E-state index in [1.54, 1.807) is 24.3 Å². The summed E-state index contributed by atoms with van der Waals surface area (Å²) in [6, 6.07) is 14.2. The number of amides is 2. The highest BCUT2D eigenvalue weighted by molar-refractivity contribution is 9.10. The van der Waals surface area contributed by atoms with E-state index in [9.17, 15) is 14.4 Å². The third-order valence-electron chi connectivity index (χ3n) is 4.59. The number of aromatic carboxylic acids is 1. The van der Waals surface area contributed by atoms with Crippen LogP contribution >= 0.6 is 39.7 Å². The van der Waals surface area contributed by atoms with Crippen molar-refractivity contribution in [2.75, 3.05) is 4.90 Å². The summed E-state index contributed by atoms with van der Waals surface area (Å²) >= 11 is 14.6. The topological polar surface area (TPSA) is 99.9 Å². The van der Waals surface area contributed by atoms with Gasteiger partial charge in [0.1, 0.15) is 17.1 Å². The first-order chi connectivity index (χ1) is 15.2. The number of thiocarbonyl (C=S) groups is 1. The Labute approximate surface area is 200 Å². The minimum Gasteiger partial charge on any atom is -0.478 e. The lowest BCUT2D eigenvalue weighted by atomic mass is 10.1. The molecule has 2 heterocycles. The number of carbonyl (C=O) groups excluding carboxylic acids is 2. The molecule has 0 aliphatic carbocycles. The van der Waals surface area contributed by atoms with Crippen molar-refractivity contribution in [3.63, 3.8) is 0 Å². The lowest BCUT2D eigenvalue weighted by Crippen LogP contribution is -2.54. The van der Waals surface area contributed by atoms with E-state index in [2.05, 4.69) is 21.2 Å². The number of rotatable bonds is 4. The van der Waals surface area contributed by atoms with E-state index in [1.165, 1.54) is 30.3 Å². The highest BCUT2D eigenvalue weighted by atomic mass is 79.9. The van der Waals surface area contributed by atoms with E-state index in [1.807, 2.05) is 6.07 Å². The van der Waals surface area contributed by atoms with Crippen molar-refractivity contribution in [3.8, 4) is 11.3 Å². The number of hydrogen-bond donors (Lipinski definition) is 2. The smallest absolute Gasteiger partial charge is 0.335 e. The number of furan rings is 1. The Morgan fingerprint density at radius 2 is 1.84 bits per heavy atom. The highest BCUT2D eigenvalue weighted by Crippen LogP contribution is 2.31. The number of nitrogens with zero attached hydrogens (tertiary/aromatic N) is 1. The van der Waals surface area contributed by atoms with Crippen LogP contribution in [0.5, 0.6) is 0 Å². The normalized spacial score (nSPS) is 15.2. The van der Waals surface area contributed by atoms with Crippen LogP contribution in [0.2, 0.25) is 5.02 Å². The zero-order valence-electron chi connectivity index (χ0n) is 16.0. The van der Waals surface area contributed by atoms with Crippen LogP contribution in [0.1, 0.15) is 16.1 Å². The molecule has 10 heteroatoms. The first kappa shape index (κ1) is 21.9. The second-order valence-electron chi connectivity index (χ2n) is 6.64. The summed E-state index contributed by atoms with van der Waals surface area (Å²) in [4.78, 5) is 37.7. The van der Waals surface area contributed by atoms with Gasteiger partial charge in [-0.2, -0.15) is 0 Å². The van der Waals surface area contributed by atoms with Crippen molar-refractivity contribution in [1.29, 1.82) is 0 Å². The van der Waals surface area contributed by atoms with Gasteiger partial charge >= 0.3 is 5.97 Å². The Morgan fingerprint density at radius 1 is 1.12 bits per heavy atom. The molecule has 7 nitrogen and oxygen atoms in total. The quantitative estimate of drug-likeness (QED) is 0.282. The van der Waals surface area contributed by atoms with Crippen molar-refractivity contribution < 1.29 is 23.9 Å².